The molecule has 0 unspecified atom stereocenters. The third kappa shape index (κ3) is 5.08. The van der Waals surface area contributed by atoms with Gasteiger partial charge in [0.1, 0.15) is 12.4 Å². The van der Waals surface area contributed by atoms with Gasteiger partial charge in [0.2, 0.25) is 0 Å². The minimum atomic E-state index is -0.185. The van der Waals surface area contributed by atoms with Gasteiger partial charge in [-0.25, -0.2) is 0 Å². The quantitative estimate of drug-likeness (QED) is 0.559. The lowest BCUT2D eigenvalue weighted by Gasteiger charge is -2.09. The largest absolute Gasteiger partial charge is 0.489 e. The van der Waals surface area contributed by atoms with E-state index in [1.807, 2.05) is 54.6 Å². The molecule has 0 saturated carbocycles. The standard InChI is InChI=1S/C20H15BrClNO2/c21-16-7-9-18(10-8-16)23-20(24)15-4-2-6-19(12-15)25-13-14-3-1-5-17(22)11-14/h1-12H,13H2,(H,23,24). The molecule has 0 heterocycles. The van der Waals surface area contributed by atoms with Crippen LogP contribution < -0.4 is 10.1 Å². The van der Waals surface area contributed by atoms with Crippen LogP contribution >= 0.6 is 27.5 Å². The van der Waals surface area contributed by atoms with Gasteiger partial charge in [-0.05, 0) is 60.2 Å². The summed E-state index contributed by atoms with van der Waals surface area (Å²) in [6.45, 7) is 0.387. The Morgan fingerprint density at radius 2 is 1.76 bits per heavy atom. The second-order valence-electron chi connectivity index (χ2n) is 5.41. The number of hydrogen-bond donors (Lipinski definition) is 1. The highest BCUT2D eigenvalue weighted by Gasteiger charge is 2.07. The molecular weight excluding hydrogens is 402 g/mol. The molecule has 1 amide bonds. The zero-order valence-electron chi connectivity index (χ0n) is 13.2. The number of benzene rings is 3. The summed E-state index contributed by atoms with van der Waals surface area (Å²) in [6, 6.07) is 22.0. The molecule has 3 aromatic carbocycles. The maximum atomic E-state index is 12.4. The van der Waals surface area contributed by atoms with E-state index in [0.717, 1.165) is 15.7 Å². The number of rotatable bonds is 5. The zero-order valence-corrected chi connectivity index (χ0v) is 15.5. The number of anilines is 1. The van der Waals surface area contributed by atoms with E-state index >= 15 is 0 Å². The van der Waals surface area contributed by atoms with Gasteiger partial charge in [-0.2, -0.15) is 0 Å². The number of carbonyl (C=O) groups excluding carboxylic acids is 1. The van der Waals surface area contributed by atoms with Crippen molar-refractivity contribution in [1.29, 1.82) is 0 Å². The molecule has 25 heavy (non-hydrogen) atoms. The topological polar surface area (TPSA) is 38.3 Å². The van der Waals surface area contributed by atoms with E-state index in [4.69, 9.17) is 16.3 Å². The van der Waals surface area contributed by atoms with Gasteiger partial charge in [-0.3, -0.25) is 4.79 Å². The Morgan fingerprint density at radius 1 is 1.00 bits per heavy atom. The fraction of sp³-hybridized carbons (Fsp3) is 0.0500. The average Bonchev–Trinajstić information content (AvgIpc) is 2.62. The van der Waals surface area contributed by atoms with Gasteiger partial charge < -0.3 is 10.1 Å². The molecule has 0 radical (unpaired) electrons. The van der Waals surface area contributed by atoms with Crippen LogP contribution in [-0.2, 0) is 6.61 Å². The molecule has 1 N–H and O–H groups in total. The van der Waals surface area contributed by atoms with Crippen molar-refractivity contribution in [2.45, 2.75) is 6.61 Å². The summed E-state index contributed by atoms with van der Waals surface area (Å²) in [4.78, 5) is 12.4. The molecule has 126 valence electrons. The number of carbonyl (C=O) groups is 1. The van der Waals surface area contributed by atoms with Crippen molar-refractivity contribution >= 4 is 39.1 Å². The van der Waals surface area contributed by atoms with E-state index in [9.17, 15) is 4.79 Å². The van der Waals surface area contributed by atoms with Gasteiger partial charge in [-0.15, -0.1) is 0 Å². The highest BCUT2D eigenvalue weighted by molar-refractivity contribution is 9.10. The van der Waals surface area contributed by atoms with E-state index in [0.29, 0.717) is 22.9 Å². The smallest absolute Gasteiger partial charge is 0.255 e. The lowest BCUT2D eigenvalue weighted by atomic mass is 10.2. The van der Waals surface area contributed by atoms with Crippen molar-refractivity contribution in [3.8, 4) is 5.75 Å². The van der Waals surface area contributed by atoms with E-state index in [1.165, 1.54) is 0 Å². The first-order valence-electron chi connectivity index (χ1n) is 7.64. The van der Waals surface area contributed by atoms with E-state index < -0.39 is 0 Å². The normalized spacial score (nSPS) is 10.3. The molecule has 3 rings (SSSR count). The molecule has 0 bridgehead atoms. The molecule has 0 aromatic heterocycles. The van der Waals surface area contributed by atoms with Crippen molar-refractivity contribution in [2.75, 3.05) is 5.32 Å². The summed E-state index contributed by atoms with van der Waals surface area (Å²) in [5, 5.41) is 3.53. The molecule has 3 aromatic rings. The van der Waals surface area contributed by atoms with Crippen molar-refractivity contribution in [3.63, 3.8) is 0 Å². The molecule has 0 aliphatic rings. The molecule has 0 aliphatic heterocycles. The van der Waals surface area contributed by atoms with E-state index in [1.54, 1.807) is 18.2 Å². The first-order chi connectivity index (χ1) is 12.1. The number of ether oxygens (including phenoxy) is 1. The predicted octanol–water partition coefficient (Wildman–Crippen LogP) is 5.93. The Bertz CT molecular complexity index is 881. The molecule has 5 heteroatoms. The van der Waals surface area contributed by atoms with Crippen LogP contribution in [-0.4, -0.2) is 5.91 Å². The Morgan fingerprint density at radius 3 is 2.52 bits per heavy atom. The summed E-state index contributed by atoms with van der Waals surface area (Å²) >= 11 is 9.34. The maximum absolute atomic E-state index is 12.4. The molecule has 3 nitrogen and oxygen atoms in total. The Kier molecular flexibility index (Phi) is 5.74. The van der Waals surface area contributed by atoms with Crippen LogP contribution in [0.1, 0.15) is 15.9 Å². The van der Waals surface area contributed by atoms with Gasteiger partial charge >= 0.3 is 0 Å². The van der Waals surface area contributed by atoms with Gasteiger partial charge in [0.25, 0.3) is 5.91 Å². The minimum Gasteiger partial charge on any atom is -0.489 e. The van der Waals surface area contributed by atoms with E-state index in [-0.39, 0.29) is 5.91 Å². The van der Waals surface area contributed by atoms with Gasteiger partial charge in [0.05, 0.1) is 0 Å². The Labute approximate surface area is 159 Å². The fourth-order valence-corrected chi connectivity index (χ4v) is 2.73. The summed E-state index contributed by atoms with van der Waals surface area (Å²) in [7, 11) is 0. The summed E-state index contributed by atoms with van der Waals surface area (Å²) in [5.74, 6) is 0.443. The SMILES string of the molecule is O=C(Nc1ccc(Br)cc1)c1cccc(OCc2cccc(Cl)c2)c1. The molecule has 0 atom stereocenters. The second-order valence-corrected chi connectivity index (χ2v) is 6.76. The van der Waals surface area contributed by atoms with Crippen LogP contribution in [0, 0.1) is 0 Å². The Hall–Kier alpha value is -2.30. The number of halogens is 2. The van der Waals surface area contributed by atoms with Crippen LogP contribution in [0.4, 0.5) is 5.69 Å². The van der Waals surface area contributed by atoms with Crippen LogP contribution in [0.3, 0.4) is 0 Å². The van der Waals surface area contributed by atoms with Crippen LogP contribution in [0.15, 0.2) is 77.3 Å². The molecule has 0 aliphatic carbocycles. The zero-order chi connectivity index (χ0) is 17.6. The predicted molar refractivity (Wildman–Crippen MR) is 104 cm³/mol. The third-order valence-electron chi connectivity index (χ3n) is 3.49. The van der Waals surface area contributed by atoms with Crippen LogP contribution in [0.5, 0.6) is 5.75 Å². The van der Waals surface area contributed by atoms with Crippen LogP contribution in [0.2, 0.25) is 5.02 Å². The number of nitrogens with one attached hydrogen (secondary N) is 1. The highest BCUT2D eigenvalue weighted by atomic mass is 79.9. The highest BCUT2D eigenvalue weighted by Crippen LogP contribution is 2.19. The first kappa shape index (κ1) is 17.5. The first-order valence-corrected chi connectivity index (χ1v) is 8.81. The lowest BCUT2D eigenvalue weighted by molar-refractivity contribution is 0.102. The van der Waals surface area contributed by atoms with Gasteiger partial charge in [0, 0.05) is 20.7 Å². The average molecular weight is 417 g/mol. The second kappa shape index (κ2) is 8.19. The van der Waals surface area contributed by atoms with E-state index in [2.05, 4.69) is 21.2 Å². The minimum absolute atomic E-state index is 0.185. The molecular formula is C20H15BrClNO2. The monoisotopic (exact) mass is 415 g/mol. The molecule has 0 fully saturated rings. The molecule has 0 saturated heterocycles. The maximum Gasteiger partial charge on any atom is 0.255 e. The van der Waals surface area contributed by atoms with Gasteiger partial charge in [-0.1, -0.05) is 45.7 Å². The fourth-order valence-electron chi connectivity index (χ4n) is 2.26. The third-order valence-corrected chi connectivity index (χ3v) is 4.26. The lowest BCUT2D eigenvalue weighted by Crippen LogP contribution is -2.11. The number of amides is 1. The van der Waals surface area contributed by atoms with Gasteiger partial charge in [0.15, 0.2) is 0 Å². The van der Waals surface area contributed by atoms with Crippen molar-refractivity contribution in [3.05, 3.63) is 93.4 Å². The van der Waals surface area contributed by atoms with Crippen LogP contribution in [0.25, 0.3) is 0 Å². The Balaban J connectivity index is 1.66. The van der Waals surface area contributed by atoms with Crippen molar-refractivity contribution in [2.24, 2.45) is 0 Å². The number of hydrogen-bond acceptors (Lipinski definition) is 2. The summed E-state index contributed by atoms with van der Waals surface area (Å²) < 4.78 is 6.72. The summed E-state index contributed by atoms with van der Waals surface area (Å²) in [5.41, 5.74) is 2.24. The summed E-state index contributed by atoms with van der Waals surface area (Å²) in [6.07, 6.45) is 0. The van der Waals surface area contributed by atoms with Crippen molar-refractivity contribution < 1.29 is 9.53 Å². The molecule has 0 spiro atoms. The van der Waals surface area contributed by atoms with Crippen molar-refractivity contribution in [1.82, 2.24) is 0 Å².